The molecular formula is C47H45BN2O2S. The van der Waals surface area contributed by atoms with Gasteiger partial charge >= 0.3 is 0 Å². The van der Waals surface area contributed by atoms with Gasteiger partial charge in [0, 0.05) is 38.6 Å². The highest BCUT2D eigenvalue weighted by Crippen LogP contribution is 2.32. The summed E-state index contributed by atoms with van der Waals surface area (Å²) in [4.78, 5) is 15.5. The molecule has 53 heavy (non-hydrogen) atoms. The van der Waals surface area contributed by atoms with E-state index in [1.807, 2.05) is 30.3 Å². The molecule has 4 nitrogen and oxygen atoms in total. The van der Waals surface area contributed by atoms with E-state index in [4.69, 9.17) is 0 Å². The van der Waals surface area contributed by atoms with E-state index in [-0.39, 0.29) is 11.2 Å². The van der Waals surface area contributed by atoms with Crippen LogP contribution in [0.3, 0.4) is 0 Å². The zero-order valence-corrected chi connectivity index (χ0v) is 30.9. The number of nitrogens with zero attached hydrogens (tertiary/aromatic N) is 2. The van der Waals surface area contributed by atoms with E-state index in [0.717, 1.165) is 52.9 Å². The lowest BCUT2D eigenvalue weighted by atomic mass is 9.13. The van der Waals surface area contributed by atoms with Crippen LogP contribution in [-0.2, 0) is 6.54 Å². The van der Waals surface area contributed by atoms with Gasteiger partial charge in [0.1, 0.15) is 18.4 Å². The second-order valence-corrected chi connectivity index (χ2v) is 15.5. The third kappa shape index (κ3) is 6.92. The van der Waals surface area contributed by atoms with Gasteiger partial charge in [0.25, 0.3) is 0 Å². The Morgan fingerprint density at radius 1 is 0.604 bits per heavy atom. The number of amidine groups is 1. The van der Waals surface area contributed by atoms with Gasteiger partial charge < -0.3 is 5.11 Å². The molecule has 0 bridgehead atoms. The van der Waals surface area contributed by atoms with E-state index in [0.29, 0.717) is 5.39 Å². The fourth-order valence-corrected chi connectivity index (χ4v) is 9.96. The highest BCUT2D eigenvalue weighted by molar-refractivity contribution is 7.24. The van der Waals surface area contributed by atoms with Crippen molar-refractivity contribution in [3.05, 3.63) is 174 Å². The molecule has 9 rings (SSSR count). The number of hydrogen-bond donors (Lipinski definition) is 1. The van der Waals surface area contributed by atoms with Crippen molar-refractivity contribution in [2.45, 2.75) is 38.6 Å². The van der Waals surface area contributed by atoms with Gasteiger partial charge in [-0.1, -0.05) is 133 Å². The van der Waals surface area contributed by atoms with Crippen molar-refractivity contribution in [1.82, 2.24) is 4.90 Å². The lowest BCUT2D eigenvalue weighted by Crippen LogP contribution is -2.74. The maximum atomic E-state index is 13.0. The van der Waals surface area contributed by atoms with Crippen molar-refractivity contribution in [1.29, 1.82) is 0 Å². The van der Waals surface area contributed by atoms with Gasteiger partial charge in [-0.3, -0.25) is 14.3 Å². The molecule has 1 aromatic heterocycles. The first-order valence-corrected chi connectivity index (χ1v) is 19.9. The van der Waals surface area contributed by atoms with Gasteiger partial charge in [-0.15, -0.1) is 11.3 Å². The summed E-state index contributed by atoms with van der Waals surface area (Å²) in [6.07, 6.45) is 4.92. The number of aromatic hydroxyl groups is 1. The normalized spacial score (nSPS) is 14.7. The fraction of sp³-hybridized carbons (Fsp3) is 0.191. The third-order valence-electron chi connectivity index (χ3n) is 11.2. The van der Waals surface area contributed by atoms with Crippen LogP contribution in [0.1, 0.15) is 37.7 Å². The Labute approximate surface area is 316 Å². The fourth-order valence-electron chi connectivity index (χ4n) is 8.80. The van der Waals surface area contributed by atoms with Crippen LogP contribution in [0.4, 0.5) is 0 Å². The van der Waals surface area contributed by atoms with Crippen LogP contribution in [0.2, 0.25) is 0 Å². The first-order valence-electron chi connectivity index (χ1n) is 19.0. The Kier molecular flexibility index (Phi) is 10.2. The molecule has 0 fully saturated rings. The van der Waals surface area contributed by atoms with E-state index in [9.17, 15) is 9.90 Å². The summed E-state index contributed by atoms with van der Waals surface area (Å²) in [5.74, 6) is 1.63. The van der Waals surface area contributed by atoms with Crippen molar-refractivity contribution >= 4 is 65.3 Å². The molecule has 0 spiro atoms. The lowest BCUT2D eigenvalue weighted by molar-refractivity contribution is -0.539. The van der Waals surface area contributed by atoms with Crippen molar-refractivity contribution in [2.24, 2.45) is 0 Å². The molecule has 0 saturated heterocycles. The molecule has 7 aromatic rings. The summed E-state index contributed by atoms with van der Waals surface area (Å²) in [6, 6.07) is 54.8. The largest absolute Gasteiger partial charge is 0.508 e. The Morgan fingerprint density at radius 3 is 1.72 bits per heavy atom. The molecule has 0 aliphatic carbocycles. The van der Waals surface area contributed by atoms with Crippen LogP contribution in [0.25, 0.3) is 20.2 Å². The monoisotopic (exact) mass is 712 g/mol. The first kappa shape index (κ1) is 34.6. The molecule has 2 aliphatic heterocycles. The summed E-state index contributed by atoms with van der Waals surface area (Å²) in [5, 5.41) is 11.7. The van der Waals surface area contributed by atoms with E-state index in [1.165, 1.54) is 53.4 Å². The standard InChI is InChI=1S/C24H20B.C23H24N2O2S/c1-5-13-21(14-6-1)25(22-15-7-2-8-16-22,23-17-9-3-10-18-23)24-19-11-4-12-20-24;26-17-13-16(15-25-12-6-11-24-10-5-1-2-9-21(24)25)23-19(14-17)22(27)18-7-3-4-8-20(18)28-23/h1-20H;3-4,7-8,13-14H,1-2,5-6,9-12,15H2/q-1;/p+1. The number of hydrogen-bond acceptors (Lipinski definition) is 4. The van der Waals surface area contributed by atoms with Gasteiger partial charge in [0.2, 0.25) is 5.84 Å². The summed E-state index contributed by atoms with van der Waals surface area (Å²) in [7, 11) is 0. The highest BCUT2D eigenvalue weighted by Gasteiger charge is 2.31. The van der Waals surface area contributed by atoms with Gasteiger partial charge in [0.05, 0.1) is 19.6 Å². The second-order valence-electron chi connectivity index (χ2n) is 14.4. The first-order chi connectivity index (χ1) is 26.1. The number of phenolic OH excluding ortho intramolecular Hbond substituents is 1. The van der Waals surface area contributed by atoms with Crippen LogP contribution in [0.15, 0.2) is 163 Å². The summed E-state index contributed by atoms with van der Waals surface area (Å²) >= 11 is 1.66. The Morgan fingerprint density at radius 2 is 1.13 bits per heavy atom. The molecule has 0 unspecified atom stereocenters. The van der Waals surface area contributed by atoms with Crippen LogP contribution >= 0.6 is 11.3 Å². The average Bonchev–Trinajstić information content (AvgIpc) is 3.47. The zero-order valence-electron chi connectivity index (χ0n) is 30.1. The third-order valence-corrected chi connectivity index (χ3v) is 12.5. The molecule has 3 heterocycles. The minimum absolute atomic E-state index is 0.0175. The maximum Gasteiger partial charge on any atom is 0.247 e. The van der Waals surface area contributed by atoms with E-state index in [1.54, 1.807) is 17.4 Å². The molecule has 0 amide bonds. The lowest BCUT2D eigenvalue weighted by Gasteiger charge is -2.44. The van der Waals surface area contributed by atoms with Crippen LogP contribution in [0, 0.1) is 0 Å². The number of rotatable bonds is 6. The predicted octanol–water partition coefficient (Wildman–Crippen LogP) is 7.38. The van der Waals surface area contributed by atoms with Crippen LogP contribution in [-0.4, -0.2) is 46.2 Å². The molecule has 0 atom stereocenters. The molecular weight excluding hydrogens is 667 g/mol. The van der Waals surface area contributed by atoms with Gasteiger partial charge in [-0.25, -0.2) is 0 Å². The molecule has 1 N–H and O–H groups in total. The van der Waals surface area contributed by atoms with Crippen LogP contribution in [0.5, 0.6) is 5.75 Å². The molecule has 6 aromatic carbocycles. The average molecular weight is 713 g/mol. The van der Waals surface area contributed by atoms with Crippen LogP contribution < -0.4 is 27.3 Å². The minimum Gasteiger partial charge on any atom is -0.508 e. The SMILES string of the molecule is O=c1c2ccccc2sc2c(CN3CCC[N+]4=C3CCCCC4)cc(O)cc12.c1ccc([B-](c2ccccc2)(c2ccccc2)c2ccccc2)cc1. The van der Waals surface area contributed by atoms with Crippen molar-refractivity contribution in [3.63, 3.8) is 0 Å². The molecule has 2 aliphatic rings. The molecule has 0 radical (unpaired) electrons. The molecule has 6 heteroatoms. The van der Waals surface area contributed by atoms with Gasteiger partial charge in [0.15, 0.2) is 5.43 Å². The predicted molar refractivity (Wildman–Crippen MR) is 226 cm³/mol. The Bertz CT molecular complexity index is 2250. The zero-order chi connectivity index (χ0) is 36.0. The maximum absolute atomic E-state index is 13.0. The quantitative estimate of drug-likeness (QED) is 0.111. The molecule has 264 valence electrons. The summed E-state index contributed by atoms with van der Waals surface area (Å²) in [5.41, 5.74) is 6.43. The van der Waals surface area contributed by atoms with Crippen molar-refractivity contribution in [2.75, 3.05) is 19.6 Å². The van der Waals surface area contributed by atoms with E-state index < -0.39 is 6.15 Å². The minimum atomic E-state index is -1.22. The number of fused-ring (bicyclic) bond motifs is 2. The summed E-state index contributed by atoms with van der Waals surface area (Å²) < 4.78 is 4.57. The van der Waals surface area contributed by atoms with Gasteiger partial charge in [-0.2, -0.15) is 21.9 Å². The molecule has 0 saturated carbocycles. The summed E-state index contributed by atoms with van der Waals surface area (Å²) in [6.45, 7) is 4.12. The topological polar surface area (TPSA) is 43.5 Å². The van der Waals surface area contributed by atoms with E-state index in [2.05, 4.69) is 131 Å². The Balaban J connectivity index is 0.000000152. The highest BCUT2D eigenvalue weighted by atomic mass is 32.1. The van der Waals surface area contributed by atoms with Crippen molar-refractivity contribution < 1.29 is 9.68 Å². The smallest absolute Gasteiger partial charge is 0.247 e. The van der Waals surface area contributed by atoms with Crippen molar-refractivity contribution in [3.8, 4) is 5.75 Å². The number of benzene rings is 6. The van der Waals surface area contributed by atoms with Gasteiger partial charge in [-0.05, 0) is 43.5 Å². The second kappa shape index (κ2) is 15.7. The number of phenols is 1. The van der Waals surface area contributed by atoms with E-state index >= 15 is 0 Å². The Hall–Kier alpha value is -5.46.